The Morgan fingerprint density at radius 1 is 0.305 bits per heavy atom. The Balaban J connectivity index is 0.731. The first kappa shape index (κ1) is 52.3. The molecule has 0 saturated heterocycles. The normalized spacial score (nSPS) is 11.3. The van der Waals surface area contributed by atoms with Crippen molar-refractivity contribution in [2.75, 3.05) is 0 Å². The number of rotatable bonds is 17. The van der Waals surface area contributed by atoms with Crippen molar-refractivity contribution in [1.82, 2.24) is 0 Å². The summed E-state index contributed by atoms with van der Waals surface area (Å²) in [4.78, 5) is 36.7. The molecule has 0 aliphatic carbocycles. The molecule has 0 unspecified atom stereocenters. The number of ether oxygens (including phenoxy) is 4. The molecule has 0 bridgehead atoms. The van der Waals surface area contributed by atoms with Gasteiger partial charge < -0.3 is 18.9 Å². The van der Waals surface area contributed by atoms with Crippen molar-refractivity contribution in [1.29, 1.82) is 0 Å². The molecule has 0 atom stereocenters. The topological polar surface area (TPSA) is 95.8 Å². The van der Waals surface area contributed by atoms with Gasteiger partial charge in [0.05, 0.1) is 11.4 Å². The fourth-order valence-corrected chi connectivity index (χ4v) is 9.59. The van der Waals surface area contributed by atoms with Crippen LogP contribution in [0.1, 0.15) is 43.0 Å². The maximum Gasteiger partial charge on any atom is 0.193 e. The van der Waals surface area contributed by atoms with Crippen LogP contribution in [0.15, 0.2) is 277 Å². The molecule has 12 rings (SSSR count). The Bertz CT molecular complexity index is 4040. The third-order valence-corrected chi connectivity index (χ3v) is 14.1. The summed E-state index contributed by atoms with van der Waals surface area (Å²) >= 11 is 12.0. The minimum absolute atomic E-state index is 0.139. The number of hydrogen-bond donors (Lipinski definition) is 0. The number of carbonyl (C=O) groups is 2. The molecule has 0 radical (unpaired) electrons. The highest BCUT2D eigenvalue weighted by atomic mass is 35.5. The number of ketones is 2. The quantitative estimate of drug-likeness (QED) is 0.0666. The molecular formula is C72H46Cl2N2O6. The molecule has 12 aromatic carbocycles. The van der Waals surface area contributed by atoms with Gasteiger partial charge >= 0.3 is 0 Å². The van der Waals surface area contributed by atoms with E-state index in [0.29, 0.717) is 78.3 Å². The number of fused-ring (bicyclic) bond motifs is 2. The van der Waals surface area contributed by atoms with Crippen molar-refractivity contribution >= 4 is 80.1 Å². The summed E-state index contributed by atoms with van der Waals surface area (Å²) in [6.07, 6.45) is 3.56. The van der Waals surface area contributed by atoms with Crippen LogP contribution < -0.4 is 18.9 Å². The molecule has 0 heterocycles. The summed E-state index contributed by atoms with van der Waals surface area (Å²) in [5.41, 5.74) is 7.17. The van der Waals surface area contributed by atoms with Crippen LogP contribution in [0.4, 0.5) is 11.4 Å². The van der Waals surface area contributed by atoms with Gasteiger partial charge in [-0.05, 0) is 215 Å². The standard InChI is InChI=1S/C72H46Cl2N2O6/c73-55-23-9-47(10-24-55)45-75-57-27-39-61(40-28-57)79-59-31-13-51(14-32-59)71(77)53-17-35-63(36-18-53)81-67-43-21-49-5-1-3-7-65(49)69(67)70-66-8-4-2-6-50(66)22-44-68(70)82-64-37-19-54(20-38-64)72(78)52-15-33-60(34-16-52)80-62-41-29-58(30-42-62)76-46-48-11-25-56(74)26-12-48/h1-46H. The lowest BCUT2D eigenvalue weighted by Gasteiger charge is -2.20. The Hall–Kier alpha value is -10.4. The summed E-state index contributed by atoms with van der Waals surface area (Å²) in [5.74, 6) is 4.49. The van der Waals surface area contributed by atoms with Gasteiger partial charge in [0.2, 0.25) is 0 Å². The number of halogens is 2. The molecule has 8 nitrogen and oxygen atoms in total. The van der Waals surface area contributed by atoms with Crippen LogP contribution >= 0.6 is 23.2 Å². The SMILES string of the molecule is O=C(c1ccc(Oc2ccc(N=Cc3ccc(Cl)cc3)cc2)cc1)c1ccc(Oc2ccc3ccccc3c2-c2c(Oc3ccc(C(=O)c4ccc(Oc5ccc(N=Cc6ccc(Cl)cc6)cc5)cc4)cc3)ccc3ccccc23)cc1. The minimum atomic E-state index is -0.139. The molecule has 82 heavy (non-hydrogen) atoms. The highest BCUT2D eigenvalue weighted by Crippen LogP contribution is 2.48. The fourth-order valence-electron chi connectivity index (χ4n) is 9.34. The summed E-state index contributed by atoms with van der Waals surface area (Å²) in [5, 5.41) is 5.31. The molecular weight excluding hydrogens is 1060 g/mol. The van der Waals surface area contributed by atoms with Gasteiger partial charge in [-0.3, -0.25) is 19.6 Å². The van der Waals surface area contributed by atoms with Crippen LogP contribution in [0.5, 0.6) is 46.0 Å². The predicted molar refractivity (Wildman–Crippen MR) is 330 cm³/mol. The van der Waals surface area contributed by atoms with Gasteiger partial charge in [-0.2, -0.15) is 0 Å². The van der Waals surface area contributed by atoms with E-state index in [4.69, 9.17) is 42.1 Å². The van der Waals surface area contributed by atoms with Crippen LogP contribution in [0, 0.1) is 0 Å². The fraction of sp³-hybridized carbons (Fsp3) is 0. The molecule has 394 valence electrons. The van der Waals surface area contributed by atoms with Gasteiger partial charge in [0.15, 0.2) is 11.6 Å². The van der Waals surface area contributed by atoms with Gasteiger partial charge in [-0.25, -0.2) is 0 Å². The monoisotopic (exact) mass is 1100 g/mol. The van der Waals surface area contributed by atoms with Crippen LogP contribution in [0.25, 0.3) is 32.7 Å². The first-order valence-electron chi connectivity index (χ1n) is 26.3. The third-order valence-electron chi connectivity index (χ3n) is 13.6. The van der Waals surface area contributed by atoms with E-state index in [2.05, 4.69) is 34.3 Å². The number of hydrogen-bond acceptors (Lipinski definition) is 8. The Kier molecular flexibility index (Phi) is 15.3. The zero-order valence-electron chi connectivity index (χ0n) is 43.7. The van der Waals surface area contributed by atoms with E-state index < -0.39 is 0 Å². The summed E-state index contributed by atoms with van der Waals surface area (Å²) in [7, 11) is 0. The molecule has 0 spiro atoms. The first-order chi connectivity index (χ1) is 40.2. The van der Waals surface area contributed by atoms with E-state index >= 15 is 0 Å². The second kappa shape index (κ2) is 23.9. The molecule has 0 aliphatic heterocycles. The van der Waals surface area contributed by atoms with Crippen LogP contribution in [-0.2, 0) is 0 Å². The second-order valence-corrected chi connectivity index (χ2v) is 20.0. The molecule has 0 fully saturated rings. The molecule has 0 aromatic heterocycles. The first-order valence-corrected chi connectivity index (χ1v) is 27.0. The lowest BCUT2D eigenvalue weighted by Crippen LogP contribution is -2.01. The van der Waals surface area contributed by atoms with E-state index in [0.717, 1.165) is 55.2 Å². The van der Waals surface area contributed by atoms with Crippen molar-refractivity contribution in [2.45, 2.75) is 0 Å². The van der Waals surface area contributed by atoms with Crippen molar-refractivity contribution in [3.05, 3.63) is 310 Å². The largest absolute Gasteiger partial charge is 0.457 e. The maximum atomic E-state index is 13.8. The van der Waals surface area contributed by atoms with E-state index in [1.165, 1.54) is 0 Å². The van der Waals surface area contributed by atoms with Crippen LogP contribution in [0.3, 0.4) is 0 Å². The molecule has 0 aliphatic rings. The van der Waals surface area contributed by atoms with Gasteiger partial charge in [0, 0.05) is 55.9 Å². The van der Waals surface area contributed by atoms with Crippen LogP contribution in [-0.4, -0.2) is 24.0 Å². The van der Waals surface area contributed by atoms with Crippen molar-refractivity contribution < 1.29 is 28.5 Å². The summed E-state index contributed by atoms with van der Waals surface area (Å²) < 4.78 is 25.7. The average Bonchev–Trinajstić information content (AvgIpc) is 3.71. The smallest absolute Gasteiger partial charge is 0.193 e. The zero-order chi connectivity index (χ0) is 55.8. The average molecular weight is 1110 g/mol. The molecule has 10 heteroatoms. The highest BCUT2D eigenvalue weighted by molar-refractivity contribution is 6.31. The van der Waals surface area contributed by atoms with Crippen LogP contribution in [0.2, 0.25) is 10.0 Å². The van der Waals surface area contributed by atoms with Gasteiger partial charge in [0.25, 0.3) is 0 Å². The summed E-state index contributed by atoms with van der Waals surface area (Å²) in [6, 6.07) is 82.6. The lowest BCUT2D eigenvalue weighted by molar-refractivity contribution is 0.103. The van der Waals surface area contributed by atoms with E-state index in [1.54, 1.807) is 109 Å². The zero-order valence-corrected chi connectivity index (χ0v) is 45.2. The number of aliphatic imine (C=N–C) groups is 2. The van der Waals surface area contributed by atoms with E-state index in [1.807, 2.05) is 146 Å². The Labute approximate surface area is 483 Å². The predicted octanol–water partition coefficient (Wildman–Crippen LogP) is 20.1. The summed E-state index contributed by atoms with van der Waals surface area (Å²) in [6.45, 7) is 0. The minimum Gasteiger partial charge on any atom is -0.457 e. The second-order valence-electron chi connectivity index (χ2n) is 19.1. The molecule has 12 aromatic rings. The lowest BCUT2D eigenvalue weighted by atomic mass is 9.92. The number of carbonyl (C=O) groups excluding carboxylic acids is 2. The molecule has 0 amide bonds. The third kappa shape index (κ3) is 12.2. The Morgan fingerprint density at radius 3 is 0.927 bits per heavy atom. The van der Waals surface area contributed by atoms with Gasteiger partial charge in [-0.1, -0.05) is 108 Å². The maximum absolute atomic E-state index is 13.8. The van der Waals surface area contributed by atoms with Crippen molar-refractivity contribution in [3.8, 4) is 57.1 Å². The molecule has 0 saturated carbocycles. The number of nitrogens with zero attached hydrogens (tertiary/aromatic N) is 2. The molecule has 0 N–H and O–H groups in total. The number of benzene rings is 12. The van der Waals surface area contributed by atoms with Crippen molar-refractivity contribution in [3.63, 3.8) is 0 Å². The Morgan fingerprint density at radius 2 is 0.598 bits per heavy atom. The van der Waals surface area contributed by atoms with Gasteiger partial charge in [-0.15, -0.1) is 0 Å². The van der Waals surface area contributed by atoms with E-state index in [9.17, 15) is 9.59 Å². The highest BCUT2D eigenvalue weighted by Gasteiger charge is 2.21. The van der Waals surface area contributed by atoms with Gasteiger partial charge in [0.1, 0.15) is 46.0 Å². The van der Waals surface area contributed by atoms with E-state index in [-0.39, 0.29) is 11.6 Å². The van der Waals surface area contributed by atoms with Crippen molar-refractivity contribution in [2.24, 2.45) is 9.98 Å².